The number of likely N-dealkylation sites (N-methyl/N-ethyl adjacent to an activating group) is 1. The van der Waals surface area contributed by atoms with Gasteiger partial charge in [0.05, 0.1) is 0 Å². The molecule has 0 saturated carbocycles. The van der Waals surface area contributed by atoms with Crippen molar-refractivity contribution in [3.8, 4) is 0 Å². The molecule has 1 aromatic rings. The highest BCUT2D eigenvalue weighted by Crippen LogP contribution is 2.21. The first-order chi connectivity index (χ1) is 7.57. The average Bonchev–Trinajstić information content (AvgIpc) is 2.83. The van der Waals surface area contributed by atoms with Crippen molar-refractivity contribution in [1.29, 1.82) is 0 Å². The number of aromatic nitrogens is 1. The summed E-state index contributed by atoms with van der Waals surface area (Å²) in [4.78, 5) is 5.73. The van der Waals surface area contributed by atoms with Crippen molar-refractivity contribution in [2.45, 2.75) is 38.3 Å². The second-order valence-corrected chi connectivity index (χ2v) is 5.55. The summed E-state index contributed by atoms with van der Waals surface area (Å²) >= 11 is 0. The lowest BCUT2D eigenvalue weighted by Gasteiger charge is -2.24. The van der Waals surface area contributed by atoms with Crippen molar-refractivity contribution in [3.63, 3.8) is 0 Å². The van der Waals surface area contributed by atoms with Crippen LogP contribution in [0.2, 0.25) is 0 Å². The Hall–Kier alpha value is -0.800. The number of rotatable bonds is 4. The van der Waals surface area contributed by atoms with Crippen molar-refractivity contribution in [2.24, 2.45) is 0 Å². The smallest absolute Gasteiger partial charge is 0.0235 e. The summed E-state index contributed by atoms with van der Waals surface area (Å²) < 4.78 is 0. The zero-order valence-corrected chi connectivity index (χ0v) is 10.6. The normalized spacial score (nSPS) is 24.1. The van der Waals surface area contributed by atoms with Gasteiger partial charge in [0.2, 0.25) is 0 Å². The van der Waals surface area contributed by atoms with Crippen LogP contribution in [-0.4, -0.2) is 41.6 Å². The first kappa shape index (κ1) is 11.7. The third kappa shape index (κ3) is 2.86. The van der Waals surface area contributed by atoms with Gasteiger partial charge in [-0.3, -0.25) is 0 Å². The van der Waals surface area contributed by atoms with Crippen LogP contribution in [0.1, 0.15) is 26.0 Å². The van der Waals surface area contributed by atoms with Crippen molar-refractivity contribution in [3.05, 3.63) is 24.0 Å². The fourth-order valence-electron chi connectivity index (χ4n) is 2.44. The van der Waals surface area contributed by atoms with E-state index in [9.17, 15) is 0 Å². The van der Waals surface area contributed by atoms with Gasteiger partial charge in [-0.2, -0.15) is 0 Å². The Balaban J connectivity index is 1.78. The summed E-state index contributed by atoms with van der Waals surface area (Å²) in [5, 5.41) is 3.57. The van der Waals surface area contributed by atoms with Gasteiger partial charge in [0, 0.05) is 43.0 Å². The molecule has 0 bridgehead atoms. The molecule has 16 heavy (non-hydrogen) atoms. The highest BCUT2D eigenvalue weighted by molar-refractivity contribution is 5.04. The summed E-state index contributed by atoms with van der Waals surface area (Å²) in [6, 6.07) is 4.91. The molecule has 2 N–H and O–H groups in total. The van der Waals surface area contributed by atoms with Gasteiger partial charge < -0.3 is 15.2 Å². The minimum absolute atomic E-state index is 0.311. The largest absolute Gasteiger partial charge is 0.365 e. The molecule has 0 amide bonds. The van der Waals surface area contributed by atoms with Crippen molar-refractivity contribution in [1.82, 2.24) is 15.2 Å². The van der Waals surface area contributed by atoms with E-state index in [-0.39, 0.29) is 0 Å². The van der Waals surface area contributed by atoms with E-state index >= 15 is 0 Å². The monoisotopic (exact) mass is 221 g/mol. The van der Waals surface area contributed by atoms with Gasteiger partial charge in [-0.05, 0) is 39.4 Å². The molecule has 1 atom stereocenters. The zero-order chi connectivity index (χ0) is 11.6. The Morgan fingerprint density at radius 3 is 2.88 bits per heavy atom. The van der Waals surface area contributed by atoms with Gasteiger partial charge in [0.15, 0.2) is 0 Å². The Kier molecular flexibility index (Phi) is 3.36. The maximum Gasteiger partial charge on any atom is 0.0235 e. The molecule has 0 radical (unpaired) electrons. The Bertz CT molecular complexity index is 316. The molecule has 90 valence electrons. The predicted molar refractivity (Wildman–Crippen MR) is 67.6 cm³/mol. The second kappa shape index (κ2) is 4.60. The molecular formula is C13H23N3. The third-order valence-electron chi connectivity index (χ3n) is 3.58. The van der Waals surface area contributed by atoms with E-state index in [4.69, 9.17) is 0 Å². The quantitative estimate of drug-likeness (QED) is 0.809. The topological polar surface area (TPSA) is 31.1 Å². The van der Waals surface area contributed by atoms with Gasteiger partial charge in [-0.15, -0.1) is 0 Å². The minimum atomic E-state index is 0.311. The third-order valence-corrected chi connectivity index (χ3v) is 3.58. The minimum Gasteiger partial charge on any atom is -0.365 e. The standard InChI is InChI=1S/C13H23N3/c1-13(2)9-12(10-15-13)16(3)8-6-11-5-4-7-14-11/h4-5,7,12,14-15H,6,8-10H2,1-3H3. The Labute approximate surface area is 98.2 Å². The maximum absolute atomic E-state index is 3.57. The molecule has 0 aliphatic carbocycles. The van der Waals surface area contributed by atoms with Gasteiger partial charge in [-0.25, -0.2) is 0 Å². The van der Waals surface area contributed by atoms with E-state index in [1.165, 1.54) is 12.1 Å². The van der Waals surface area contributed by atoms with Crippen LogP contribution < -0.4 is 5.32 Å². The lowest BCUT2D eigenvalue weighted by atomic mass is 10.0. The average molecular weight is 221 g/mol. The van der Waals surface area contributed by atoms with E-state index in [0.717, 1.165) is 19.5 Å². The molecule has 0 spiro atoms. The summed E-state index contributed by atoms with van der Waals surface area (Å²) in [6.07, 6.45) is 4.35. The molecule has 1 unspecified atom stereocenters. The lowest BCUT2D eigenvalue weighted by molar-refractivity contribution is 0.251. The number of H-pyrrole nitrogens is 1. The van der Waals surface area contributed by atoms with Crippen molar-refractivity contribution < 1.29 is 0 Å². The van der Waals surface area contributed by atoms with Crippen LogP contribution in [0.3, 0.4) is 0 Å². The number of nitrogens with zero attached hydrogens (tertiary/aromatic N) is 1. The molecular weight excluding hydrogens is 198 g/mol. The fraction of sp³-hybridized carbons (Fsp3) is 0.692. The molecule has 1 saturated heterocycles. The van der Waals surface area contributed by atoms with Crippen LogP contribution in [-0.2, 0) is 6.42 Å². The van der Waals surface area contributed by atoms with Crippen LogP contribution >= 0.6 is 0 Å². The van der Waals surface area contributed by atoms with Crippen LogP contribution in [0, 0.1) is 0 Å². The molecule has 1 aliphatic rings. The molecule has 0 aromatic carbocycles. The summed E-state index contributed by atoms with van der Waals surface area (Å²) in [7, 11) is 2.23. The van der Waals surface area contributed by atoms with Crippen LogP contribution in [0.5, 0.6) is 0 Å². The summed E-state index contributed by atoms with van der Waals surface area (Å²) in [6.45, 7) is 6.81. The van der Waals surface area contributed by atoms with Gasteiger partial charge in [-0.1, -0.05) is 0 Å². The molecule has 3 nitrogen and oxygen atoms in total. The van der Waals surface area contributed by atoms with E-state index < -0.39 is 0 Å². The number of aromatic amines is 1. The maximum atomic E-state index is 3.57. The van der Waals surface area contributed by atoms with Crippen molar-refractivity contribution in [2.75, 3.05) is 20.1 Å². The van der Waals surface area contributed by atoms with Crippen molar-refractivity contribution >= 4 is 0 Å². The van der Waals surface area contributed by atoms with E-state index in [2.05, 4.69) is 48.2 Å². The number of hydrogen-bond donors (Lipinski definition) is 2. The SMILES string of the molecule is CN(CCc1ccc[nH]1)C1CNC(C)(C)C1. The molecule has 1 aliphatic heterocycles. The predicted octanol–water partition coefficient (Wildman–Crippen LogP) is 1.63. The van der Waals surface area contributed by atoms with E-state index in [0.29, 0.717) is 11.6 Å². The summed E-state index contributed by atoms with van der Waals surface area (Å²) in [5.74, 6) is 0. The summed E-state index contributed by atoms with van der Waals surface area (Å²) in [5.41, 5.74) is 1.64. The van der Waals surface area contributed by atoms with Crippen LogP contribution in [0.15, 0.2) is 18.3 Å². The number of nitrogens with one attached hydrogen (secondary N) is 2. The Morgan fingerprint density at radius 1 is 1.50 bits per heavy atom. The highest BCUT2D eigenvalue weighted by atomic mass is 15.2. The molecule has 1 fully saturated rings. The zero-order valence-electron chi connectivity index (χ0n) is 10.6. The Morgan fingerprint density at radius 2 is 2.31 bits per heavy atom. The second-order valence-electron chi connectivity index (χ2n) is 5.55. The lowest BCUT2D eigenvalue weighted by Crippen LogP contribution is -2.34. The number of hydrogen-bond acceptors (Lipinski definition) is 2. The van der Waals surface area contributed by atoms with Gasteiger partial charge >= 0.3 is 0 Å². The van der Waals surface area contributed by atoms with Gasteiger partial charge in [0.25, 0.3) is 0 Å². The molecule has 2 heterocycles. The van der Waals surface area contributed by atoms with Crippen LogP contribution in [0.25, 0.3) is 0 Å². The first-order valence-corrected chi connectivity index (χ1v) is 6.14. The first-order valence-electron chi connectivity index (χ1n) is 6.14. The van der Waals surface area contributed by atoms with E-state index in [1.54, 1.807) is 0 Å². The molecule has 1 aromatic heterocycles. The fourth-order valence-corrected chi connectivity index (χ4v) is 2.44. The van der Waals surface area contributed by atoms with E-state index in [1.807, 2.05) is 6.20 Å². The van der Waals surface area contributed by atoms with Gasteiger partial charge in [0.1, 0.15) is 0 Å². The molecule has 3 heteroatoms. The highest BCUT2D eigenvalue weighted by Gasteiger charge is 2.32. The van der Waals surface area contributed by atoms with Crippen LogP contribution in [0.4, 0.5) is 0 Å². The molecule has 2 rings (SSSR count).